The number of hydrogen-bond donors (Lipinski definition) is 1. The maximum atomic E-state index is 13.6. The number of benzene rings is 1. The van der Waals surface area contributed by atoms with Crippen LogP contribution in [0.5, 0.6) is 0 Å². The molecule has 1 aromatic carbocycles. The van der Waals surface area contributed by atoms with Crippen molar-refractivity contribution in [2.75, 3.05) is 6.61 Å². The van der Waals surface area contributed by atoms with E-state index < -0.39 is 47.8 Å². The Hall–Kier alpha value is -1.93. The second kappa shape index (κ2) is 4.57. The Morgan fingerprint density at radius 3 is 2.55 bits per heavy atom. The molecule has 9 heteroatoms. The van der Waals surface area contributed by atoms with Gasteiger partial charge in [0.25, 0.3) is 0 Å². The topological polar surface area (TPSA) is 38.3 Å². The fourth-order valence-corrected chi connectivity index (χ4v) is 1.85. The fourth-order valence-electron chi connectivity index (χ4n) is 1.85. The number of halogens is 6. The van der Waals surface area contributed by atoms with E-state index in [9.17, 15) is 31.1 Å². The summed E-state index contributed by atoms with van der Waals surface area (Å²) in [7, 11) is 0. The number of carbonyl (C=O) groups excluding carboxylic acids is 1. The van der Waals surface area contributed by atoms with Crippen LogP contribution in [0.3, 0.4) is 0 Å². The van der Waals surface area contributed by atoms with Gasteiger partial charge in [0.15, 0.2) is 6.61 Å². The zero-order valence-corrected chi connectivity index (χ0v) is 9.60. The van der Waals surface area contributed by atoms with Crippen LogP contribution in [-0.2, 0) is 10.9 Å². The SMILES string of the molecule is O=C1N[C@@H](c2cc(F)ccc2C(F)(F)F)C(F)(F)CO1. The van der Waals surface area contributed by atoms with Crippen LogP contribution in [0.4, 0.5) is 31.1 Å². The molecule has 3 nitrogen and oxygen atoms in total. The van der Waals surface area contributed by atoms with Gasteiger partial charge in [-0.1, -0.05) is 0 Å². The average Bonchev–Trinajstić information content (AvgIpc) is 2.30. The number of nitrogens with one attached hydrogen (secondary N) is 1. The first-order valence-electron chi connectivity index (χ1n) is 5.29. The molecular weight excluding hydrogens is 292 g/mol. The maximum absolute atomic E-state index is 13.6. The molecule has 0 aromatic heterocycles. The van der Waals surface area contributed by atoms with Crippen molar-refractivity contribution in [3.05, 3.63) is 35.1 Å². The molecule has 0 bridgehead atoms. The van der Waals surface area contributed by atoms with Crippen molar-refractivity contribution >= 4 is 6.09 Å². The zero-order chi connectivity index (χ0) is 15.1. The van der Waals surface area contributed by atoms with Crippen molar-refractivity contribution in [2.24, 2.45) is 0 Å². The first-order valence-corrected chi connectivity index (χ1v) is 5.29. The zero-order valence-electron chi connectivity index (χ0n) is 9.60. The Morgan fingerprint density at radius 1 is 1.30 bits per heavy atom. The lowest BCUT2D eigenvalue weighted by Crippen LogP contribution is -2.50. The van der Waals surface area contributed by atoms with Gasteiger partial charge in [-0.2, -0.15) is 13.2 Å². The van der Waals surface area contributed by atoms with Gasteiger partial charge in [0.05, 0.1) is 5.56 Å². The molecule has 1 aromatic rings. The number of alkyl halides is 5. The van der Waals surface area contributed by atoms with Crippen LogP contribution >= 0.6 is 0 Å². The summed E-state index contributed by atoms with van der Waals surface area (Å²) < 4.78 is 82.6. The number of amides is 1. The van der Waals surface area contributed by atoms with Gasteiger partial charge >= 0.3 is 18.2 Å². The third kappa shape index (κ3) is 2.66. The smallest absolute Gasteiger partial charge is 0.416 e. The quantitative estimate of drug-likeness (QED) is 0.808. The Morgan fingerprint density at radius 2 is 1.95 bits per heavy atom. The minimum Gasteiger partial charge on any atom is -0.443 e. The largest absolute Gasteiger partial charge is 0.443 e. The summed E-state index contributed by atoms with van der Waals surface area (Å²) in [5, 5.41) is 1.58. The van der Waals surface area contributed by atoms with Crippen LogP contribution < -0.4 is 5.32 Å². The molecule has 2 rings (SSSR count). The molecule has 0 radical (unpaired) electrons. The van der Waals surface area contributed by atoms with Crippen LogP contribution in [0.15, 0.2) is 18.2 Å². The highest BCUT2D eigenvalue weighted by atomic mass is 19.4. The molecule has 1 saturated heterocycles. The van der Waals surface area contributed by atoms with Gasteiger partial charge in [-0.3, -0.25) is 0 Å². The number of alkyl carbamates (subject to hydrolysis) is 1. The summed E-state index contributed by atoms with van der Waals surface area (Å²) >= 11 is 0. The van der Waals surface area contributed by atoms with Gasteiger partial charge in [-0.25, -0.2) is 18.0 Å². The highest BCUT2D eigenvalue weighted by Gasteiger charge is 2.50. The summed E-state index contributed by atoms with van der Waals surface area (Å²) in [4.78, 5) is 10.9. The molecule has 1 aliphatic heterocycles. The van der Waals surface area contributed by atoms with E-state index >= 15 is 0 Å². The predicted molar refractivity (Wildman–Crippen MR) is 53.6 cm³/mol. The summed E-state index contributed by atoms with van der Waals surface area (Å²) in [5.74, 6) is -4.91. The summed E-state index contributed by atoms with van der Waals surface area (Å²) in [5.41, 5.74) is -2.48. The second-order valence-corrected chi connectivity index (χ2v) is 4.14. The summed E-state index contributed by atoms with van der Waals surface area (Å²) in [6.07, 6.45) is -6.25. The van der Waals surface area contributed by atoms with Crippen LogP contribution in [-0.4, -0.2) is 18.6 Å². The molecule has 1 fully saturated rings. The monoisotopic (exact) mass is 299 g/mol. The van der Waals surface area contributed by atoms with E-state index in [4.69, 9.17) is 0 Å². The van der Waals surface area contributed by atoms with Crippen LogP contribution in [0.2, 0.25) is 0 Å². The van der Waals surface area contributed by atoms with Gasteiger partial charge in [0, 0.05) is 0 Å². The van der Waals surface area contributed by atoms with Crippen molar-refractivity contribution in [3.8, 4) is 0 Å². The highest BCUT2D eigenvalue weighted by molar-refractivity contribution is 5.69. The number of cyclic esters (lactones) is 1. The highest BCUT2D eigenvalue weighted by Crippen LogP contribution is 2.41. The lowest BCUT2D eigenvalue weighted by atomic mass is 9.94. The fraction of sp³-hybridized carbons (Fsp3) is 0.364. The van der Waals surface area contributed by atoms with Crippen molar-refractivity contribution < 1.29 is 35.9 Å². The van der Waals surface area contributed by atoms with Gasteiger partial charge in [0.2, 0.25) is 0 Å². The number of hydrogen-bond acceptors (Lipinski definition) is 2. The van der Waals surface area contributed by atoms with E-state index in [0.717, 1.165) is 0 Å². The Labute approximate surface area is 108 Å². The molecule has 1 heterocycles. The van der Waals surface area contributed by atoms with E-state index in [1.807, 2.05) is 0 Å². The Balaban J connectivity index is 2.55. The average molecular weight is 299 g/mol. The maximum Gasteiger partial charge on any atom is 0.416 e. The van der Waals surface area contributed by atoms with Gasteiger partial charge in [-0.15, -0.1) is 0 Å². The first kappa shape index (κ1) is 14.5. The Bertz CT molecular complexity index is 542. The first-order chi connectivity index (χ1) is 9.11. The normalized spacial score (nSPS) is 22.1. The third-order valence-corrected chi connectivity index (χ3v) is 2.71. The summed E-state index contributed by atoms with van der Waals surface area (Å²) in [6.45, 7) is -1.38. The molecule has 0 aliphatic carbocycles. The molecule has 1 aliphatic rings. The molecule has 0 saturated carbocycles. The van der Waals surface area contributed by atoms with Gasteiger partial charge in [0.1, 0.15) is 11.9 Å². The third-order valence-electron chi connectivity index (χ3n) is 2.71. The van der Waals surface area contributed by atoms with Gasteiger partial charge < -0.3 is 10.1 Å². The minimum atomic E-state index is -4.96. The van der Waals surface area contributed by atoms with E-state index in [-0.39, 0.29) is 0 Å². The van der Waals surface area contributed by atoms with Gasteiger partial charge in [-0.05, 0) is 23.8 Å². The van der Waals surface area contributed by atoms with E-state index in [2.05, 4.69) is 4.74 Å². The Kier molecular flexibility index (Phi) is 3.31. The molecule has 0 spiro atoms. The molecule has 1 N–H and O–H groups in total. The van der Waals surface area contributed by atoms with Crippen LogP contribution in [0.25, 0.3) is 0 Å². The standard InChI is InChI=1S/C11H7F6NO2/c12-5-1-2-7(11(15,16)17)6(3-5)8-10(13,14)4-20-9(19)18-8/h1-3,8H,4H2,(H,18,19)/t8-/m0/s1. The lowest BCUT2D eigenvalue weighted by Gasteiger charge is -2.33. The number of carbonyl (C=O) groups is 1. The molecular formula is C11H7F6NO2. The second-order valence-electron chi connectivity index (χ2n) is 4.14. The minimum absolute atomic E-state index is 0.326. The van der Waals surface area contributed by atoms with Crippen molar-refractivity contribution in [1.82, 2.24) is 5.32 Å². The van der Waals surface area contributed by atoms with E-state index in [1.54, 1.807) is 5.32 Å². The number of rotatable bonds is 1. The number of ether oxygens (including phenoxy) is 1. The van der Waals surface area contributed by atoms with Crippen molar-refractivity contribution in [3.63, 3.8) is 0 Å². The van der Waals surface area contributed by atoms with E-state index in [0.29, 0.717) is 18.2 Å². The molecule has 20 heavy (non-hydrogen) atoms. The lowest BCUT2D eigenvalue weighted by molar-refractivity contribution is -0.141. The predicted octanol–water partition coefficient (Wildman–Crippen LogP) is 3.26. The van der Waals surface area contributed by atoms with Crippen molar-refractivity contribution in [2.45, 2.75) is 18.1 Å². The van der Waals surface area contributed by atoms with Crippen LogP contribution in [0, 0.1) is 5.82 Å². The summed E-state index contributed by atoms with van der Waals surface area (Å²) in [6, 6.07) is -1.13. The molecule has 1 amide bonds. The molecule has 1 atom stereocenters. The van der Waals surface area contributed by atoms with Crippen LogP contribution in [0.1, 0.15) is 17.2 Å². The van der Waals surface area contributed by atoms with E-state index in [1.165, 1.54) is 0 Å². The molecule has 110 valence electrons. The molecule has 0 unspecified atom stereocenters. The van der Waals surface area contributed by atoms with Crippen molar-refractivity contribution in [1.29, 1.82) is 0 Å².